The maximum Gasteiger partial charge on any atom is 0.243 e. The van der Waals surface area contributed by atoms with Gasteiger partial charge < -0.3 is 19.3 Å². The molecule has 2 aliphatic rings. The minimum absolute atomic E-state index is 0.0279. The number of para-hydroxylation sites is 1. The van der Waals surface area contributed by atoms with Crippen molar-refractivity contribution in [2.45, 2.75) is 23.8 Å². The zero-order valence-electron chi connectivity index (χ0n) is 16.6. The van der Waals surface area contributed by atoms with E-state index in [1.54, 1.807) is 19.1 Å². The van der Waals surface area contributed by atoms with E-state index in [0.717, 1.165) is 34.7 Å². The van der Waals surface area contributed by atoms with Crippen molar-refractivity contribution >= 4 is 29.3 Å². The first-order valence-corrected chi connectivity index (χ1v) is 10.6. The first-order chi connectivity index (χ1) is 14.1. The lowest BCUT2D eigenvalue weighted by atomic mass is 10.0. The topological polar surface area (TPSA) is 59.1 Å². The fourth-order valence-corrected chi connectivity index (χ4v) is 4.97. The monoisotopic (exact) mass is 412 g/mol. The Morgan fingerprint density at radius 2 is 2.00 bits per heavy atom. The van der Waals surface area contributed by atoms with Crippen LogP contribution in [0.3, 0.4) is 0 Å². The summed E-state index contributed by atoms with van der Waals surface area (Å²) in [5.41, 5.74) is 1.79. The van der Waals surface area contributed by atoms with Gasteiger partial charge in [-0.15, -0.1) is 11.8 Å². The number of hydrogen-bond acceptors (Lipinski definition) is 5. The van der Waals surface area contributed by atoms with Crippen LogP contribution in [-0.4, -0.2) is 49.8 Å². The van der Waals surface area contributed by atoms with E-state index < -0.39 is 0 Å². The molecule has 0 spiro atoms. The van der Waals surface area contributed by atoms with Crippen LogP contribution in [0, 0.1) is 0 Å². The van der Waals surface area contributed by atoms with Crippen LogP contribution in [0.4, 0.5) is 5.69 Å². The van der Waals surface area contributed by atoms with Gasteiger partial charge in [-0.25, -0.2) is 0 Å². The van der Waals surface area contributed by atoms with Crippen molar-refractivity contribution in [3.63, 3.8) is 0 Å². The highest BCUT2D eigenvalue weighted by Gasteiger charge is 2.34. The lowest BCUT2D eigenvalue weighted by Gasteiger charge is -2.32. The highest BCUT2D eigenvalue weighted by atomic mass is 32.2. The molecule has 0 unspecified atom stereocenters. The van der Waals surface area contributed by atoms with Crippen LogP contribution in [0.1, 0.15) is 24.4 Å². The summed E-state index contributed by atoms with van der Waals surface area (Å²) in [4.78, 5) is 30.3. The standard InChI is InChI=1S/C22H24N2O4S/c1-27-15-9-10-16(19(12-15)28-2)17-7-5-11-23(17)21(25)13-24-18-6-3-4-8-20(18)29-14-22(24)26/h3-4,6,8-10,12,17H,5,7,11,13-14H2,1-2H3/t17-/m1/s1. The van der Waals surface area contributed by atoms with Gasteiger partial charge in [0.1, 0.15) is 18.0 Å². The first kappa shape index (κ1) is 19.6. The molecule has 6 nitrogen and oxygen atoms in total. The molecule has 2 heterocycles. The first-order valence-electron chi connectivity index (χ1n) is 9.66. The number of carbonyl (C=O) groups excluding carboxylic acids is 2. The summed E-state index contributed by atoms with van der Waals surface area (Å²) in [6.45, 7) is 0.739. The second-order valence-electron chi connectivity index (χ2n) is 7.09. The summed E-state index contributed by atoms with van der Waals surface area (Å²) in [6, 6.07) is 13.4. The van der Waals surface area contributed by atoms with Crippen LogP contribution >= 0.6 is 11.8 Å². The van der Waals surface area contributed by atoms with Gasteiger partial charge in [0.25, 0.3) is 0 Å². The van der Waals surface area contributed by atoms with Crippen LogP contribution in [0.15, 0.2) is 47.4 Å². The maximum atomic E-state index is 13.2. The van der Waals surface area contributed by atoms with Gasteiger partial charge in [0.15, 0.2) is 0 Å². The number of benzene rings is 2. The lowest BCUT2D eigenvalue weighted by Crippen LogP contribution is -2.44. The maximum absolute atomic E-state index is 13.2. The van der Waals surface area contributed by atoms with Crippen molar-refractivity contribution in [1.82, 2.24) is 4.90 Å². The number of likely N-dealkylation sites (tertiary alicyclic amines) is 1. The Hall–Kier alpha value is -2.67. The van der Waals surface area contributed by atoms with Gasteiger partial charge in [-0.2, -0.15) is 0 Å². The molecular formula is C22H24N2O4S. The Morgan fingerprint density at radius 3 is 2.79 bits per heavy atom. The summed E-state index contributed by atoms with van der Waals surface area (Å²) >= 11 is 1.52. The van der Waals surface area contributed by atoms with E-state index in [1.165, 1.54) is 11.8 Å². The van der Waals surface area contributed by atoms with E-state index in [-0.39, 0.29) is 24.4 Å². The molecule has 29 heavy (non-hydrogen) atoms. The third-order valence-corrected chi connectivity index (χ3v) is 6.52. The van der Waals surface area contributed by atoms with Crippen molar-refractivity contribution < 1.29 is 19.1 Å². The zero-order chi connectivity index (χ0) is 20.4. The molecule has 0 radical (unpaired) electrons. The van der Waals surface area contributed by atoms with E-state index in [0.29, 0.717) is 18.0 Å². The summed E-state index contributed by atoms with van der Waals surface area (Å²) in [5, 5.41) is 0. The number of carbonyl (C=O) groups is 2. The number of thioether (sulfide) groups is 1. The molecule has 4 rings (SSSR count). The highest BCUT2D eigenvalue weighted by Crippen LogP contribution is 2.39. The SMILES string of the molecule is COc1ccc([C@H]2CCCN2C(=O)CN2C(=O)CSc3ccccc32)c(OC)c1. The van der Waals surface area contributed by atoms with Gasteiger partial charge >= 0.3 is 0 Å². The Labute approximate surface area is 174 Å². The summed E-state index contributed by atoms with van der Waals surface area (Å²) in [7, 11) is 3.24. The number of methoxy groups -OCH3 is 2. The average molecular weight is 413 g/mol. The average Bonchev–Trinajstić information content (AvgIpc) is 3.25. The van der Waals surface area contributed by atoms with Crippen molar-refractivity contribution in [3.8, 4) is 11.5 Å². The summed E-state index contributed by atoms with van der Waals surface area (Å²) < 4.78 is 10.8. The van der Waals surface area contributed by atoms with Gasteiger partial charge in [0.05, 0.1) is 31.7 Å². The normalized spacial score (nSPS) is 18.6. The number of amides is 2. The number of fused-ring (bicyclic) bond motifs is 1. The lowest BCUT2D eigenvalue weighted by molar-refractivity contribution is -0.132. The molecule has 2 aromatic rings. The van der Waals surface area contributed by atoms with Crippen molar-refractivity contribution in [2.75, 3.05) is 38.0 Å². The van der Waals surface area contributed by atoms with Crippen molar-refractivity contribution in [1.29, 1.82) is 0 Å². The molecule has 0 aromatic heterocycles. The van der Waals surface area contributed by atoms with Gasteiger partial charge in [0, 0.05) is 23.1 Å². The second-order valence-corrected chi connectivity index (χ2v) is 8.11. The highest BCUT2D eigenvalue weighted by molar-refractivity contribution is 8.00. The minimum Gasteiger partial charge on any atom is -0.497 e. The predicted octanol–water partition coefficient (Wildman–Crippen LogP) is 3.51. The molecule has 0 N–H and O–H groups in total. The van der Waals surface area contributed by atoms with E-state index in [1.807, 2.05) is 47.4 Å². The molecule has 1 atom stereocenters. The molecule has 2 aliphatic heterocycles. The fraction of sp³-hybridized carbons (Fsp3) is 0.364. The molecule has 1 fully saturated rings. The van der Waals surface area contributed by atoms with Gasteiger partial charge in [-0.1, -0.05) is 12.1 Å². The van der Waals surface area contributed by atoms with Gasteiger partial charge in [0.2, 0.25) is 11.8 Å². The van der Waals surface area contributed by atoms with Gasteiger partial charge in [-0.05, 0) is 37.1 Å². The number of anilines is 1. The molecule has 1 saturated heterocycles. The molecule has 2 aromatic carbocycles. The van der Waals surface area contributed by atoms with E-state index >= 15 is 0 Å². The molecule has 0 aliphatic carbocycles. The summed E-state index contributed by atoms with van der Waals surface area (Å²) in [5.74, 6) is 1.72. The molecule has 0 bridgehead atoms. The van der Waals surface area contributed by atoms with E-state index in [9.17, 15) is 9.59 Å². The molecule has 152 valence electrons. The van der Waals surface area contributed by atoms with Crippen LogP contribution < -0.4 is 14.4 Å². The Morgan fingerprint density at radius 1 is 1.17 bits per heavy atom. The van der Waals surface area contributed by atoms with Crippen molar-refractivity contribution in [2.24, 2.45) is 0 Å². The molecule has 7 heteroatoms. The molecular weight excluding hydrogens is 388 g/mol. The largest absolute Gasteiger partial charge is 0.497 e. The van der Waals surface area contributed by atoms with Crippen LogP contribution in [0.25, 0.3) is 0 Å². The quantitative estimate of drug-likeness (QED) is 0.752. The Bertz CT molecular complexity index is 933. The fourth-order valence-electron chi connectivity index (χ4n) is 4.04. The zero-order valence-corrected chi connectivity index (χ0v) is 17.4. The van der Waals surface area contributed by atoms with Crippen LogP contribution in [0.5, 0.6) is 11.5 Å². The third-order valence-electron chi connectivity index (χ3n) is 5.47. The Balaban J connectivity index is 1.57. The Kier molecular flexibility index (Phi) is 5.67. The summed E-state index contributed by atoms with van der Waals surface area (Å²) in [6.07, 6.45) is 1.79. The van der Waals surface area contributed by atoms with E-state index in [2.05, 4.69) is 0 Å². The number of ether oxygens (including phenoxy) is 2. The smallest absolute Gasteiger partial charge is 0.243 e. The second kappa shape index (κ2) is 8.37. The van der Waals surface area contributed by atoms with Crippen LogP contribution in [-0.2, 0) is 9.59 Å². The molecule has 2 amide bonds. The third kappa shape index (κ3) is 3.79. The van der Waals surface area contributed by atoms with Crippen molar-refractivity contribution in [3.05, 3.63) is 48.0 Å². The number of nitrogens with zero attached hydrogens (tertiary/aromatic N) is 2. The number of hydrogen-bond donors (Lipinski definition) is 0. The predicted molar refractivity (Wildman–Crippen MR) is 113 cm³/mol. The number of rotatable bonds is 5. The van der Waals surface area contributed by atoms with E-state index in [4.69, 9.17) is 9.47 Å². The molecule has 0 saturated carbocycles. The van der Waals surface area contributed by atoms with Gasteiger partial charge in [-0.3, -0.25) is 9.59 Å². The minimum atomic E-state index is -0.0622. The van der Waals surface area contributed by atoms with Crippen LogP contribution in [0.2, 0.25) is 0 Å².